The molecule has 0 bridgehead atoms. The first-order chi connectivity index (χ1) is 8.12. The Morgan fingerprint density at radius 1 is 1.71 bits per heavy atom. The topological polar surface area (TPSA) is 110 Å². The van der Waals surface area contributed by atoms with Crippen molar-refractivity contribution in [3.8, 4) is 0 Å². The molecular formula is C10H16N4O3. The highest BCUT2D eigenvalue weighted by atomic mass is 16.3. The molecule has 0 radical (unpaired) electrons. The summed E-state index contributed by atoms with van der Waals surface area (Å²) in [5.74, 6) is -0.346. The smallest absolute Gasteiger partial charge is 0.269 e. The number of aliphatic hydroxyl groups is 2. The molecule has 1 saturated heterocycles. The van der Waals surface area contributed by atoms with Crippen LogP contribution in [0.2, 0.25) is 0 Å². The van der Waals surface area contributed by atoms with Gasteiger partial charge >= 0.3 is 0 Å². The second-order valence-corrected chi connectivity index (χ2v) is 4.23. The maximum atomic E-state index is 11.6. The van der Waals surface area contributed by atoms with Crippen LogP contribution in [0.5, 0.6) is 0 Å². The van der Waals surface area contributed by atoms with Gasteiger partial charge in [-0.05, 0) is 19.0 Å². The second-order valence-electron chi connectivity index (χ2n) is 4.23. The number of aromatic nitrogens is 2. The summed E-state index contributed by atoms with van der Waals surface area (Å²) in [7, 11) is 0. The van der Waals surface area contributed by atoms with Gasteiger partial charge in [-0.2, -0.15) is 5.10 Å². The number of hydrogen-bond acceptors (Lipinski definition) is 5. The van der Waals surface area contributed by atoms with Crippen LogP contribution in [0.15, 0.2) is 12.3 Å². The van der Waals surface area contributed by atoms with Gasteiger partial charge in [0.25, 0.3) is 5.91 Å². The summed E-state index contributed by atoms with van der Waals surface area (Å²) in [6.07, 6.45) is 0.999. The lowest BCUT2D eigenvalue weighted by molar-refractivity contribution is -0.0883. The number of piperidine rings is 1. The van der Waals surface area contributed by atoms with Gasteiger partial charge in [-0.1, -0.05) is 0 Å². The van der Waals surface area contributed by atoms with Gasteiger partial charge in [-0.15, -0.1) is 0 Å². The van der Waals surface area contributed by atoms with Crippen molar-refractivity contribution in [1.29, 1.82) is 0 Å². The average molecular weight is 240 g/mol. The van der Waals surface area contributed by atoms with E-state index in [1.165, 1.54) is 12.3 Å². The van der Waals surface area contributed by atoms with Crippen LogP contribution < -0.4 is 10.6 Å². The molecule has 94 valence electrons. The molecule has 1 fully saturated rings. The number of amides is 1. The van der Waals surface area contributed by atoms with E-state index >= 15 is 0 Å². The summed E-state index contributed by atoms with van der Waals surface area (Å²) in [4.78, 5) is 11.6. The van der Waals surface area contributed by atoms with Crippen molar-refractivity contribution in [2.75, 3.05) is 19.6 Å². The predicted molar refractivity (Wildman–Crippen MR) is 59.4 cm³/mol. The lowest BCUT2D eigenvalue weighted by atomic mass is 9.89. The Balaban J connectivity index is 1.91. The standard InChI is InChI=1S/C10H16N4O3/c15-8-5-11-4-2-10(8,17)6-12-9(16)7-1-3-13-14-7/h1,3,8,11,15,17H,2,4-6H2,(H,12,16)(H,13,14)/t8-,10-/m1/s1. The quantitative estimate of drug-likeness (QED) is 0.429. The molecule has 0 aromatic carbocycles. The van der Waals surface area contributed by atoms with E-state index in [0.29, 0.717) is 25.2 Å². The molecule has 7 nitrogen and oxygen atoms in total. The molecule has 1 aliphatic heterocycles. The number of aromatic amines is 1. The lowest BCUT2D eigenvalue weighted by Crippen LogP contribution is -2.59. The summed E-state index contributed by atoms with van der Waals surface area (Å²) < 4.78 is 0. The Hall–Kier alpha value is -1.44. The first-order valence-corrected chi connectivity index (χ1v) is 5.50. The van der Waals surface area contributed by atoms with E-state index in [0.717, 1.165) is 0 Å². The fourth-order valence-corrected chi connectivity index (χ4v) is 1.82. The third-order valence-corrected chi connectivity index (χ3v) is 2.99. The number of β-amino-alcohol motifs (C(OH)–C–C–N with tert-alkyl or cyclic N) is 1. The molecule has 0 unspecified atom stereocenters. The first kappa shape index (κ1) is 12.0. The summed E-state index contributed by atoms with van der Waals surface area (Å²) in [6, 6.07) is 1.54. The molecule has 2 rings (SSSR count). The van der Waals surface area contributed by atoms with E-state index in [1.807, 2.05) is 0 Å². The molecule has 1 aromatic heterocycles. The third kappa shape index (κ3) is 2.63. The highest BCUT2D eigenvalue weighted by Crippen LogP contribution is 2.17. The Morgan fingerprint density at radius 2 is 2.53 bits per heavy atom. The number of carbonyl (C=O) groups is 1. The summed E-state index contributed by atoms with van der Waals surface area (Å²) >= 11 is 0. The van der Waals surface area contributed by atoms with Crippen LogP contribution in [0.1, 0.15) is 16.9 Å². The van der Waals surface area contributed by atoms with Crippen molar-refractivity contribution in [2.24, 2.45) is 0 Å². The largest absolute Gasteiger partial charge is 0.389 e. The third-order valence-electron chi connectivity index (χ3n) is 2.99. The maximum absolute atomic E-state index is 11.6. The predicted octanol–water partition coefficient (Wildman–Crippen LogP) is -1.78. The van der Waals surface area contributed by atoms with Gasteiger partial charge < -0.3 is 20.8 Å². The van der Waals surface area contributed by atoms with Gasteiger partial charge in [0.1, 0.15) is 11.3 Å². The summed E-state index contributed by atoms with van der Waals surface area (Å²) in [5.41, 5.74) is -0.932. The highest BCUT2D eigenvalue weighted by Gasteiger charge is 2.38. The summed E-state index contributed by atoms with van der Waals surface area (Å²) in [6.45, 7) is 0.970. The minimum atomic E-state index is -1.26. The molecule has 2 atom stereocenters. The van der Waals surface area contributed by atoms with Crippen molar-refractivity contribution in [2.45, 2.75) is 18.1 Å². The van der Waals surface area contributed by atoms with Crippen molar-refractivity contribution in [3.63, 3.8) is 0 Å². The Kier molecular flexibility index (Phi) is 3.41. The Morgan fingerprint density at radius 3 is 3.18 bits per heavy atom. The highest BCUT2D eigenvalue weighted by molar-refractivity contribution is 5.92. The second kappa shape index (κ2) is 4.82. The molecule has 1 aliphatic rings. The van der Waals surface area contributed by atoms with Crippen LogP contribution in [-0.4, -0.2) is 57.7 Å². The van der Waals surface area contributed by atoms with E-state index in [2.05, 4.69) is 20.8 Å². The number of rotatable bonds is 3. The van der Waals surface area contributed by atoms with E-state index in [9.17, 15) is 15.0 Å². The van der Waals surface area contributed by atoms with Crippen molar-refractivity contribution in [3.05, 3.63) is 18.0 Å². The molecule has 5 N–H and O–H groups in total. The molecule has 0 spiro atoms. The van der Waals surface area contributed by atoms with Crippen molar-refractivity contribution >= 4 is 5.91 Å². The zero-order chi connectivity index (χ0) is 12.3. The van der Waals surface area contributed by atoms with E-state index in [1.54, 1.807) is 0 Å². The van der Waals surface area contributed by atoms with Crippen LogP contribution in [0.3, 0.4) is 0 Å². The number of hydrogen-bond donors (Lipinski definition) is 5. The molecule has 17 heavy (non-hydrogen) atoms. The fraction of sp³-hybridized carbons (Fsp3) is 0.600. The molecule has 1 amide bonds. The molecule has 7 heteroatoms. The van der Waals surface area contributed by atoms with Crippen molar-refractivity contribution < 1.29 is 15.0 Å². The Labute approximate surface area is 98.2 Å². The van der Waals surface area contributed by atoms with E-state index in [-0.39, 0.29) is 12.5 Å². The first-order valence-electron chi connectivity index (χ1n) is 5.50. The van der Waals surface area contributed by atoms with Crippen LogP contribution in [0.25, 0.3) is 0 Å². The van der Waals surface area contributed by atoms with Gasteiger partial charge in [-0.25, -0.2) is 0 Å². The van der Waals surface area contributed by atoms with Gasteiger partial charge in [0, 0.05) is 19.3 Å². The minimum absolute atomic E-state index is 0.0215. The summed E-state index contributed by atoms with van der Waals surface area (Å²) in [5, 5.41) is 31.6. The Bertz CT molecular complexity index is 381. The van der Waals surface area contributed by atoms with Gasteiger partial charge in [0.15, 0.2) is 0 Å². The van der Waals surface area contributed by atoms with E-state index < -0.39 is 11.7 Å². The SMILES string of the molecule is O=C(NC[C@]1(O)CCNC[C@H]1O)c1ccn[nH]1. The zero-order valence-electron chi connectivity index (χ0n) is 9.31. The number of aliphatic hydroxyl groups excluding tert-OH is 1. The number of carbonyl (C=O) groups excluding carboxylic acids is 1. The van der Waals surface area contributed by atoms with Gasteiger partial charge in [0.2, 0.25) is 0 Å². The normalized spacial score (nSPS) is 28.9. The molecule has 1 aromatic rings. The zero-order valence-corrected chi connectivity index (χ0v) is 9.31. The molecule has 0 aliphatic carbocycles. The fourth-order valence-electron chi connectivity index (χ4n) is 1.82. The van der Waals surface area contributed by atoms with Crippen LogP contribution >= 0.6 is 0 Å². The van der Waals surface area contributed by atoms with Gasteiger partial charge in [-0.3, -0.25) is 9.89 Å². The van der Waals surface area contributed by atoms with Crippen molar-refractivity contribution in [1.82, 2.24) is 20.8 Å². The van der Waals surface area contributed by atoms with Crippen LogP contribution in [0, 0.1) is 0 Å². The minimum Gasteiger partial charge on any atom is -0.389 e. The van der Waals surface area contributed by atoms with E-state index in [4.69, 9.17) is 0 Å². The monoisotopic (exact) mass is 240 g/mol. The van der Waals surface area contributed by atoms with Gasteiger partial charge in [0.05, 0.1) is 6.10 Å². The molecular weight excluding hydrogens is 224 g/mol. The number of nitrogens with zero attached hydrogens (tertiary/aromatic N) is 1. The van der Waals surface area contributed by atoms with Crippen LogP contribution in [-0.2, 0) is 0 Å². The maximum Gasteiger partial charge on any atom is 0.269 e. The average Bonchev–Trinajstić information content (AvgIpc) is 2.84. The lowest BCUT2D eigenvalue weighted by Gasteiger charge is -2.37. The number of nitrogens with one attached hydrogen (secondary N) is 3. The number of H-pyrrole nitrogens is 1. The molecule has 0 saturated carbocycles. The van der Waals surface area contributed by atoms with Crippen LogP contribution in [0.4, 0.5) is 0 Å². The molecule has 2 heterocycles.